The number of methoxy groups -OCH3 is 1. The molecule has 1 fully saturated rings. The number of benzene rings is 3. The predicted octanol–water partition coefficient (Wildman–Crippen LogP) is 5.39. The Hall–Kier alpha value is -3.81. The summed E-state index contributed by atoms with van der Waals surface area (Å²) >= 11 is 12.1. The lowest BCUT2D eigenvalue weighted by Gasteiger charge is -2.37. The molecule has 2 amide bonds. The highest BCUT2D eigenvalue weighted by molar-refractivity contribution is 6.35. The van der Waals surface area contributed by atoms with Crippen molar-refractivity contribution in [3.63, 3.8) is 0 Å². The number of halogens is 2. The molecule has 9 heteroatoms. The maximum atomic E-state index is 12.8. The smallest absolute Gasteiger partial charge is 0.337 e. The molecule has 4 rings (SSSR count). The van der Waals surface area contributed by atoms with E-state index in [1.807, 2.05) is 23.1 Å². The van der Waals surface area contributed by atoms with Gasteiger partial charge in [0.2, 0.25) is 5.91 Å². The van der Waals surface area contributed by atoms with Gasteiger partial charge in [0.25, 0.3) is 5.91 Å². The minimum Gasteiger partial charge on any atom is -0.465 e. The molecule has 3 aromatic rings. The number of anilines is 2. The summed E-state index contributed by atoms with van der Waals surface area (Å²) in [6.45, 7) is 2.17. The zero-order valence-electron chi connectivity index (χ0n) is 20.1. The second kappa shape index (κ2) is 12.0. The summed E-state index contributed by atoms with van der Waals surface area (Å²) in [5, 5.41) is 3.79. The molecule has 190 valence electrons. The Bertz CT molecular complexity index is 1340. The number of amides is 2. The standard InChI is InChI=1S/C28H25Cl2N3O4/c1-37-28(36)21-8-11-25(32-13-15-33(16-14-32)27(35)20-5-3-2-4-6-20)24(17-21)31-26(34)12-9-19-7-10-22(29)18-23(19)30/h2-12,17-18H,13-16H2,1H3,(H,31,34). The molecule has 1 N–H and O–H groups in total. The van der Waals surface area contributed by atoms with Gasteiger partial charge in [-0.2, -0.15) is 0 Å². The third kappa shape index (κ3) is 6.50. The number of ether oxygens (including phenoxy) is 1. The third-order valence-corrected chi connectivity index (χ3v) is 6.54. The fourth-order valence-electron chi connectivity index (χ4n) is 4.05. The molecule has 1 saturated heterocycles. The van der Waals surface area contributed by atoms with Crippen molar-refractivity contribution in [2.45, 2.75) is 0 Å². The highest BCUT2D eigenvalue weighted by Gasteiger charge is 2.24. The topological polar surface area (TPSA) is 79.0 Å². The van der Waals surface area contributed by atoms with Crippen LogP contribution in [0.15, 0.2) is 72.8 Å². The lowest BCUT2D eigenvalue weighted by atomic mass is 10.1. The first kappa shape index (κ1) is 26.3. The van der Waals surface area contributed by atoms with Gasteiger partial charge in [0, 0.05) is 47.9 Å². The van der Waals surface area contributed by atoms with Crippen molar-refractivity contribution in [3.05, 3.63) is 99.5 Å². The number of hydrogen-bond acceptors (Lipinski definition) is 5. The van der Waals surface area contributed by atoms with Gasteiger partial charge in [0.15, 0.2) is 0 Å². The number of carbonyl (C=O) groups excluding carboxylic acids is 3. The molecular formula is C28H25Cl2N3O4. The Morgan fingerprint density at radius 3 is 2.30 bits per heavy atom. The number of nitrogens with one attached hydrogen (secondary N) is 1. The number of rotatable bonds is 6. The van der Waals surface area contributed by atoms with Gasteiger partial charge in [-0.25, -0.2) is 4.79 Å². The highest BCUT2D eigenvalue weighted by atomic mass is 35.5. The average Bonchev–Trinajstić information content (AvgIpc) is 2.92. The molecule has 37 heavy (non-hydrogen) atoms. The zero-order chi connectivity index (χ0) is 26.4. The largest absolute Gasteiger partial charge is 0.465 e. The van der Waals surface area contributed by atoms with Crippen LogP contribution in [0.5, 0.6) is 0 Å². The van der Waals surface area contributed by atoms with E-state index in [1.165, 1.54) is 13.2 Å². The van der Waals surface area contributed by atoms with E-state index in [0.29, 0.717) is 58.6 Å². The summed E-state index contributed by atoms with van der Waals surface area (Å²) in [6, 6.07) is 19.2. The van der Waals surface area contributed by atoms with E-state index in [-0.39, 0.29) is 5.91 Å². The van der Waals surface area contributed by atoms with Crippen LogP contribution < -0.4 is 10.2 Å². The molecule has 3 aromatic carbocycles. The van der Waals surface area contributed by atoms with E-state index in [0.717, 1.165) is 5.69 Å². The van der Waals surface area contributed by atoms with Gasteiger partial charge < -0.3 is 19.9 Å². The van der Waals surface area contributed by atoms with Gasteiger partial charge in [-0.05, 0) is 54.1 Å². The molecular weight excluding hydrogens is 513 g/mol. The SMILES string of the molecule is COC(=O)c1ccc(N2CCN(C(=O)c3ccccc3)CC2)c(NC(=O)C=Cc2ccc(Cl)cc2Cl)c1. The third-order valence-electron chi connectivity index (χ3n) is 5.98. The molecule has 0 aromatic heterocycles. The summed E-state index contributed by atoms with van der Waals surface area (Å²) in [4.78, 5) is 41.6. The Balaban J connectivity index is 1.51. The number of carbonyl (C=O) groups is 3. The number of esters is 1. The van der Waals surface area contributed by atoms with Crippen LogP contribution in [0.2, 0.25) is 10.0 Å². The molecule has 0 bridgehead atoms. The van der Waals surface area contributed by atoms with Crippen molar-refractivity contribution in [1.29, 1.82) is 0 Å². The van der Waals surface area contributed by atoms with Gasteiger partial charge in [-0.1, -0.05) is 47.5 Å². The minimum absolute atomic E-state index is 0.0131. The summed E-state index contributed by atoms with van der Waals surface area (Å²) in [7, 11) is 1.30. The first-order valence-electron chi connectivity index (χ1n) is 11.6. The van der Waals surface area contributed by atoms with Crippen molar-refractivity contribution in [3.8, 4) is 0 Å². The van der Waals surface area contributed by atoms with Crippen LogP contribution in [0.4, 0.5) is 11.4 Å². The molecule has 0 atom stereocenters. The number of hydrogen-bond donors (Lipinski definition) is 1. The maximum absolute atomic E-state index is 12.8. The fraction of sp³-hybridized carbons (Fsp3) is 0.179. The molecule has 0 aliphatic carbocycles. The normalized spacial score (nSPS) is 13.5. The van der Waals surface area contributed by atoms with Crippen molar-refractivity contribution < 1.29 is 19.1 Å². The monoisotopic (exact) mass is 537 g/mol. The van der Waals surface area contributed by atoms with E-state index in [2.05, 4.69) is 10.2 Å². The summed E-state index contributed by atoms with van der Waals surface area (Å²) in [6.07, 6.45) is 2.95. The van der Waals surface area contributed by atoms with Gasteiger partial charge in [0.1, 0.15) is 0 Å². The van der Waals surface area contributed by atoms with Gasteiger partial charge in [-0.15, -0.1) is 0 Å². The van der Waals surface area contributed by atoms with Crippen LogP contribution >= 0.6 is 23.2 Å². The molecule has 1 aliphatic rings. The van der Waals surface area contributed by atoms with Gasteiger partial charge in [-0.3, -0.25) is 9.59 Å². The lowest BCUT2D eigenvalue weighted by molar-refractivity contribution is -0.111. The zero-order valence-corrected chi connectivity index (χ0v) is 21.6. The van der Waals surface area contributed by atoms with Crippen LogP contribution in [0.1, 0.15) is 26.3 Å². The Morgan fingerprint density at radius 1 is 0.892 bits per heavy atom. The lowest BCUT2D eigenvalue weighted by Crippen LogP contribution is -2.49. The summed E-state index contributed by atoms with van der Waals surface area (Å²) in [5.41, 5.74) is 2.81. The Kier molecular flexibility index (Phi) is 8.48. The van der Waals surface area contributed by atoms with Crippen LogP contribution in [-0.2, 0) is 9.53 Å². The number of piperazine rings is 1. The second-order valence-electron chi connectivity index (χ2n) is 8.36. The molecule has 0 saturated carbocycles. The first-order valence-corrected chi connectivity index (χ1v) is 12.4. The Labute approximate surface area is 225 Å². The van der Waals surface area contributed by atoms with Gasteiger partial charge in [0.05, 0.1) is 24.0 Å². The fourth-order valence-corrected chi connectivity index (χ4v) is 4.52. The average molecular weight is 538 g/mol. The molecule has 7 nitrogen and oxygen atoms in total. The van der Waals surface area contributed by atoms with Gasteiger partial charge >= 0.3 is 5.97 Å². The van der Waals surface area contributed by atoms with Crippen LogP contribution in [0.3, 0.4) is 0 Å². The van der Waals surface area contributed by atoms with Crippen molar-refractivity contribution >= 4 is 58.4 Å². The molecule has 1 heterocycles. The number of nitrogens with zero attached hydrogens (tertiary/aromatic N) is 2. The van der Waals surface area contributed by atoms with Crippen molar-refractivity contribution in [2.24, 2.45) is 0 Å². The Morgan fingerprint density at radius 2 is 1.62 bits per heavy atom. The second-order valence-corrected chi connectivity index (χ2v) is 9.20. The highest BCUT2D eigenvalue weighted by Crippen LogP contribution is 2.29. The van der Waals surface area contributed by atoms with E-state index in [9.17, 15) is 14.4 Å². The van der Waals surface area contributed by atoms with Crippen LogP contribution in [0.25, 0.3) is 6.08 Å². The van der Waals surface area contributed by atoms with E-state index in [4.69, 9.17) is 27.9 Å². The van der Waals surface area contributed by atoms with Crippen LogP contribution in [0, 0.1) is 0 Å². The van der Waals surface area contributed by atoms with E-state index in [1.54, 1.807) is 54.6 Å². The molecule has 0 spiro atoms. The molecule has 1 aliphatic heterocycles. The van der Waals surface area contributed by atoms with Crippen LogP contribution in [-0.4, -0.2) is 56.0 Å². The van der Waals surface area contributed by atoms with E-state index >= 15 is 0 Å². The van der Waals surface area contributed by atoms with Crippen molar-refractivity contribution in [1.82, 2.24) is 4.90 Å². The predicted molar refractivity (Wildman–Crippen MR) is 146 cm³/mol. The van der Waals surface area contributed by atoms with Crippen molar-refractivity contribution in [2.75, 3.05) is 43.5 Å². The minimum atomic E-state index is -0.510. The van der Waals surface area contributed by atoms with E-state index < -0.39 is 11.9 Å². The first-order chi connectivity index (χ1) is 17.9. The maximum Gasteiger partial charge on any atom is 0.337 e. The summed E-state index contributed by atoms with van der Waals surface area (Å²) in [5.74, 6) is -0.920. The quantitative estimate of drug-likeness (QED) is 0.336. The summed E-state index contributed by atoms with van der Waals surface area (Å²) < 4.78 is 4.84. The molecule has 0 radical (unpaired) electrons. The molecule has 0 unspecified atom stereocenters.